The molecule has 0 fully saturated rings. The lowest BCUT2D eigenvalue weighted by atomic mass is 10.1. The molecule has 0 aliphatic heterocycles. The van der Waals surface area contributed by atoms with Crippen molar-refractivity contribution < 1.29 is 20.4 Å². The van der Waals surface area contributed by atoms with E-state index < -0.39 is 24.9 Å². The van der Waals surface area contributed by atoms with Crippen LogP contribution in [0.25, 0.3) is 16.7 Å². The fourth-order valence-electron chi connectivity index (χ4n) is 3.28. The van der Waals surface area contributed by atoms with E-state index in [0.29, 0.717) is 33.8 Å². The Bertz CT molecular complexity index is 1200. The molecule has 0 saturated carbocycles. The highest BCUT2D eigenvalue weighted by Gasteiger charge is 2.30. The largest absolute Gasteiger partial charge is 0.394 e. The van der Waals surface area contributed by atoms with Crippen molar-refractivity contribution in [3.05, 3.63) is 69.6 Å². The topological polar surface area (TPSA) is 124 Å². The molecule has 2 aromatic heterocycles. The van der Waals surface area contributed by atoms with Crippen molar-refractivity contribution >= 4 is 39.9 Å². The van der Waals surface area contributed by atoms with Crippen LogP contribution in [0.1, 0.15) is 23.2 Å². The molecule has 30 heavy (non-hydrogen) atoms. The maximum absolute atomic E-state index is 10.6. The molecule has 8 nitrogen and oxygen atoms in total. The van der Waals surface area contributed by atoms with Gasteiger partial charge in [-0.3, -0.25) is 4.40 Å². The molecular formula is C20H18Cl2N4O4. The van der Waals surface area contributed by atoms with Gasteiger partial charge in [0.15, 0.2) is 11.5 Å². The normalized spacial score (nSPS) is 14.9. The number of aliphatic hydroxyl groups is 4. The Morgan fingerprint density at radius 1 is 0.967 bits per heavy atom. The van der Waals surface area contributed by atoms with Crippen LogP contribution in [0.2, 0.25) is 10.0 Å². The van der Waals surface area contributed by atoms with Gasteiger partial charge in [0.1, 0.15) is 18.3 Å². The Labute approximate surface area is 181 Å². The molecule has 4 aromatic rings. The SMILES string of the molecule is OC[C@@H](O)[C@H](O)C(O)c1nnc2c(Cc3ccccc3)nc3cc(Cl)c(Cl)cc3n12. The van der Waals surface area contributed by atoms with Gasteiger partial charge in [-0.1, -0.05) is 53.5 Å². The van der Waals surface area contributed by atoms with Crippen molar-refractivity contribution in [2.45, 2.75) is 24.7 Å². The molecule has 0 bridgehead atoms. The lowest BCUT2D eigenvalue weighted by Crippen LogP contribution is -2.35. The lowest BCUT2D eigenvalue weighted by Gasteiger charge is -2.20. The van der Waals surface area contributed by atoms with E-state index in [1.54, 1.807) is 12.1 Å². The minimum atomic E-state index is -1.68. The Morgan fingerprint density at radius 3 is 2.37 bits per heavy atom. The van der Waals surface area contributed by atoms with E-state index in [4.69, 9.17) is 28.3 Å². The van der Waals surface area contributed by atoms with Gasteiger partial charge in [-0.2, -0.15) is 0 Å². The van der Waals surface area contributed by atoms with Crippen LogP contribution in [-0.2, 0) is 6.42 Å². The first-order valence-electron chi connectivity index (χ1n) is 9.12. The standard InChI is InChI=1S/C20H18Cl2N4O4/c21-11-7-13-15(8-12(11)22)26-19(14(23-13)6-10-4-2-1-3-5-10)24-25-20(26)18(30)17(29)16(28)9-27/h1-5,7-8,16-18,27-30H,6,9H2/t16-,17+,18?/m1/s1. The van der Waals surface area contributed by atoms with Crippen molar-refractivity contribution in [3.63, 3.8) is 0 Å². The smallest absolute Gasteiger partial charge is 0.183 e. The van der Waals surface area contributed by atoms with Gasteiger partial charge in [-0.15, -0.1) is 10.2 Å². The molecule has 3 atom stereocenters. The van der Waals surface area contributed by atoms with E-state index in [2.05, 4.69) is 15.2 Å². The minimum absolute atomic E-state index is 0.0231. The molecule has 156 valence electrons. The molecule has 0 radical (unpaired) electrons. The summed E-state index contributed by atoms with van der Waals surface area (Å²) in [6.45, 7) is -0.724. The van der Waals surface area contributed by atoms with Crippen molar-refractivity contribution in [2.24, 2.45) is 0 Å². The quantitative estimate of drug-likeness (QED) is 0.355. The highest BCUT2D eigenvalue weighted by Crippen LogP contribution is 2.31. The van der Waals surface area contributed by atoms with Gasteiger partial charge in [0.2, 0.25) is 0 Å². The molecule has 2 aromatic carbocycles. The zero-order valence-electron chi connectivity index (χ0n) is 15.5. The van der Waals surface area contributed by atoms with Gasteiger partial charge in [-0.05, 0) is 17.7 Å². The summed E-state index contributed by atoms with van der Waals surface area (Å²) >= 11 is 12.4. The van der Waals surface area contributed by atoms with E-state index in [0.717, 1.165) is 5.56 Å². The van der Waals surface area contributed by atoms with Crippen LogP contribution in [-0.4, -0.2) is 58.8 Å². The summed E-state index contributed by atoms with van der Waals surface area (Å²) in [5.41, 5.74) is 2.90. The van der Waals surface area contributed by atoms with Crippen molar-refractivity contribution in [3.8, 4) is 0 Å². The maximum atomic E-state index is 10.6. The Kier molecular flexibility index (Phi) is 5.88. The Balaban J connectivity index is 1.95. The summed E-state index contributed by atoms with van der Waals surface area (Å²) in [6, 6.07) is 12.8. The molecule has 0 spiro atoms. The molecule has 0 aliphatic rings. The second-order valence-electron chi connectivity index (χ2n) is 6.88. The number of rotatable bonds is 6. The first-order chi connectivity index (χ1) is 14.4. The third-order valence-corrected chi connectivity index (χ3v) is 5.57. The number of hydrogen-bond acceptors (Lipinski definition) is 7. The van der Waals surface area contributed by atoms with E-state index in [1.807, 2.05) is 30.3 Å². The highest BCUT2D eigenvalue weighted by molar-refractivity contribution is 6.42. The van der Waals surface area contributed by atoms with Gasteiger partial charge >= 0.3 is 0 Å². The summed E-state index contributed by atoms with van der Waals surface area (Å²) in [4.78, 5) is 4.67. The van der Waals surface area contributed by atoms with Crippen LogP contribution < -0.4 is 0 Å². The zero-order chi connectivity index (χ0) is 21.4. The summed E-state index contributed by atoms with van der Waals surface area (Å²) in [7, 11) is 0. The van der Waals surface area contributed by atoms with Crippen LogP contribution in [0, 0.1) is 0 Å². The Hall–Kier alpha value is -2.33. The second-order valence-corrected chi connectivity index (χ2v) is 7.69. The number of aliphatic hydroxyl groups excluding tert-OH is 4. The molecule has 4 N–H and O–H groups in total. The fraction of sp³-hybridized carbons (Fsp3) is 0.250. The first kappa shape index (κ1) is 20.9. The molecule has 2 heterocycles. The molecular weight excluding hydrogens is 431 g/mol. The van der Waals surface area contributed by atoms with Crippen LogP contribution in [0.4, 0.5) is 0 Å². The molecule has 0 aliphatic carbocycles. The molecule has 4 rings (SSSR count). The fourth-order valence-corrected chi connectivity index (χ4v) is 3.60. The van der Waals surface area contributed by atoms with Gasteiger partial charge in [0.25, 0.3) is 0 Å². The minimum Gasteiger partial charge on any atom is -0.394 e. The zero-order valence-corrected chi connectivity index (χ0v) is 17.0. The predicted molar refractivity (Wildman–Crippen MR) is 112 cm³/mol. The number of fused-ring (bicyclic) bond motifs is 3. The van der Waals surface area contributed by atoms with Crippen LogP contribution >= 0.6 is 23.2 Å². The number of aromatic nitrogens is 4. The summed E-state index contributed by atoms with van der Waals surface area (Å²) in [6.07, 6.45) is -4.41. The summed E-state index contributed by atoms with van der Waals surface area (Å²) < 4.78 is 1.53. The number of benzene rings is 2. The van der Waals surface area contributed by atoms with Gasteiger partial charge < -0.3 is 20.4 Å². The van der Waals surface area contributed by atoms with E-state index in [1.165, 1.54) is 4.40 Å². The maximum Gasteiger partial charge on any atom is 0.183 e. The average molecular weight is 449 g/mol. The van der Waals surface area contributed by atoms with Gasteiger partial charge in [-0.25, -0.2) is 4.98 Å². The lowest BCUT2D eigenvalue weighted by molar-refractivity contribution is -0.0805. The van der Waals surface area contributed by atoms with Gasteiger partial charge in [0, 0.05) is 6.42 Å². The molecule has 0 saturated heterocycles. The van der Waals surface area contributed by atoms with E-state index >= 15 is 0 Å². The van der Waals surface area contributed by atoms with E-state index in [-0.39, 0.29) is 10.8 Å². The van der Waals surface area contributed by atoms with Crippen molar-refractivity contribution in [1.29, 1.82) is 0 Å². The average Bonchev–Trinajstić information content (AvgIpc) is 3.20. The third-order valence-electron chi connectivity index (χ3n) is 4.84. The molecule has 1 unspecified atom stereocenters. The monoisotopic (exact) mass is 448 g/mol. The van der Waals surface area contributed by atoms with Gasteiger partial charge in [0.05, 0.1) is 33.4 Å². The van der Waals surface area contributed by atoms with E-state index in [9.17, 15) is 15.3 Å². The van der Waals surface area contributed by atoms with Crippen molar-refractivity contribution in [1.82, 2.24) is 19.6 Å². The van der Waals surface area contributed by atoms with Crippen LogP contribution in [0.3, 0.4) is 0 Å². The number of nitrogens with zero attached hydrogens (tertiary/aromatic N) is 4. The van der Waals surface area contributed by atoms with Crippen LogP contribution in [0.15, 0.2) is 42.5 Å². The second kappa shape index (κ2) is 8.43. The predicted octanol–water partition coefficient (Wildman–Crippen LogP) is 1.92. The third kappa shape index (κ3) is 3.74. The Morgan fingerprint density at radius 2 is 1.67 bits per heavy atom. The number of halogens is 2. The van der Waals surface area contributed by atoms with Crippen molar-refractivity contribution in [2.75, 3.05) is 6.61 Å². The summed E-state index contributed by atoms with van der Waals surface area (Å²) in [5.74, 6) is -0.0231. The highest BCUT2D eigenvalue weighted by atomic mass is 35.5. The summed E-state index contributed by atoms with van der Waals surface area (Å²) in [5, 5.41) is 48.4. The number of hydrogen-bond donors (Lipinski definition) is 4. The molecule has 10 heteroatoms. The van der Waals surface area contributed by atoms with Crippen LogP contribution in [0.5, 0.6) is 0 Å². The molecule has 0 amide bonds. The first-order valence-corrected chi connectivity index (χ1v) is 9.88.